The topological polar surface area (TPSA) is 72.1 Å². The molecule has 0 unspecified atom stereocenters. The summed E-state index contributed by atoms with van der Waals surface area (Å²) in [5, 5.41) is 9.02. The van der Waals surface area contributed by atoms with Crippen molar-refractivity contribution in [2.24, 2.45) is 0 Å². The van der Waals surface area contributed by atoms with Crippen molar-refractivity contribution in [2.75, 3.05) is 40.5 Å². The quantitative estimate of drug-likeness (QED) is 0.661. The summed E-state index contributed by atoms with van der Waals surface area (Å²) in [6, 6.07) is 1.59. The van der Waals surface area contributed by atoms with Crippen LogP contribution in [0.2, 0.25) is 0 Å². The Bertz CT molecular complexity index is 416. The maximum Gasteiger partial charge on any atom is 0.339 e. The van der Waals surface area contributed by atoms with Crippen molar-refractivity contribution in [2.45, 2.75) is 19.9 Å². The second kappa shape index (κ2) is 8.73. The predicted octanol–water partition coefficient (Wildman–Crippen LogP) is 1.77. The van der Waals surface area contributed by atoms with E-state index in [-0.39, 0.29) is 5.56 Å². The van der Waals surface area contributed by atoms with E-state index in [2.05, 4.69) is 4.90 Å². The zero-order valence-electron chi connectivity index (χ0n) is 12.3. The summed E-state index contributed by atoms with van der Waals surface area (Å²) in [7, 11) is 3.33. The van der Waals surface area contributed by atoms with E-state index < -0.39 is 5.97 Å². The van der Waals surface area contributed by atoms with Crippen LogP contribution in [0.5, 0.6) is 0 Å². The maximum atomic E-state index is 11.0. The number of hydrogen-bond acceptors (Lipinski definition) is 5. The number of rotatable bonds is 10. The van der Waals surface area contributed by atoms with Gasteiger partial charge in [0.2, 0.25) is 0 Å². The van der Waals surface area contributed by atoms with Crippen molar-refractivity contribution in [3.8, 4) is 0 Å². The van der Waals surface area contributed by atoms with Crippen LogP contribution >= 0.6 is 0 Å². The van der Waals surface area contributed by atoms with Crippen LogP contribution in [0.3, 0.4) is 0 Å². The molecule has 1 aromatic heterocycles. The summed E-state index contributed by atoms with van der Waals surface area (Å²) in [4.78, 5) is 13.2. The normalized spacial score (nSPS) is 11.2. The molecule has 0 aliphatic rings. The van der Waals surface area contributed by atoms with E-state index in [1.807, 2.05) is 0 Å². The van der Waals surface area contributed by atoms with Crippen LogP contribution in [-0.4, -0.2) is 56.5 Å². The lowest BCUT2D eigenvalue weighted by Gasteiger charge is -2.20. The minimum Gasteiger partial charge on any atom is -0.478 e. The van der Waals surface area contributed by atoms with E-state index in [1.54, 1.807) is 27.2 Å². The van der Waals surface area contributed by atoms with Gasteiger partial charge in [0, 0.05) is 33.9 Å². The standard InChI is InChI=1S/C14H23NO5/c1-11-13(14(16)17)9-12(20-11)10-15(6-8-19-3)5-4-7-18-2/h9H,4-8,10H2,1-3H3,(H,16,17). The Balaban J connectivity index is 2.62. The van der Waals surface area contributed by atoms with Crippen molar-refractivity contribution < 1.29 is 23.8 Å². The maximum absolute atomic E-state index is 11.0. The number of aryl methyl sites for hydroxylation is 1. The minimum absolute atomic E-state index is 0.226. The Morgan fingerprint density at radius 1 is 1.30 bits per heavy atom. The Labute approximate surface area is 119 Å². The third kappa shape index (κ3) is 5.32. The SMILES string of the molecule is COCCCN(CCOC)Cc1cc(C(=O)O)c(C)o1. The van der Waals surface area contributed by atoms with Crippen LogP contribution in [0.25, 0.3) is 0 Å². The summed E-state index contributed by atoms with van der Waals surface area (Å²) in [6.45, 7) is 5.17. The summed E-state index contributed by atoms with van der Waals surface area (Å²) in [6.07, 6.45) is 0.908. The van der Waals surface area contributed by atoms with E-state index in [9.17, 15) is 4.79 Å². The first-order chi connectivity index (χ1) is 9.58. The van der Waals surface area contributed by atoms with Gasteiger partial charge in [0.15, 0.2) is 0 Å². The molecule has 1 rings (SSSR count). The molecular formula is C14H23NO5. The second-order valence-electron chi connectivity index (χ2n) is 4.60. The zero-order valence-corrected chi connectivity index (χ0v) is 12.3. The Morgan fingerprint density at radius 2 is 2.00 bits per heavy atom. The lowest BCUT2D eigenvalue weighted by Crippen LogP contribution is -2.28. The van der Waals surface area contributed by atoms with Gasteiger partial charge in [-0.05, 0) is 19.4 Å². The number of ether oxygens (including phenoxy) is 2. The molecule has 0 spiro atoms. The molecule has 0 aliphatic heterocycles. The van der Waals surface area contributed by atoms with Crippen molar-refractivity contribution in [1.29, 1.82) is 0 Å². The van der Waals surface area contributed by atoms with Gasteiger partial charge in [0.05, 0.1) is 13.2 Å². The molecule has 20 heavy (non-hydrogen) atoms. The smallest absolute Gasteiger partial charge is 0.339 e. The Morgan fingerprint density at radius 3 is 2.55 bits per heavy atom. The number of carbonyl (C=O) groups is 1. The Hall–Kier alpha value is -1.37. The predicted molar refractivity (Wildman–Crippen MR) is 74.1 cm³/mol. The van der Waals surface area contributed by atoms with E-state index >= 15 is 0 Å². The summed E-state index contributed by atoms with van der Waals surface area (Å²) in [5.41, 5.74) is 0.226. The van der Waals surface area contributed by atoms with Crippen LogP contribution in [-0.2, 0) is 16.0 Å². The first kappa shape index (κ1) is 16.7. The van der Waals surface area contributed by atoms with Gasteiger partial charge in [-0.25, -0.2) is 4.79 Å². The molecule has 114 valence electrons. The van der Waals surface area contributed by atoms with Gasteiger partial charge in [-0.3, -0.25) is 4.90 Å². The van der Waals surface area contributed by atoms with Gasteiger partial charge in [0.1, 0.15) is 17.1 Å². The number of aromatic carboxylic acids is 1. The second-order valence-corrected chi connectivity index (χ2v) is 4.60. The summed E-state index contributed by atoms with van der Waals surface area (Å²) < 4.78 is 15.6. The molecule has 0 radical (unpaired) electrons. The highest BCUT2D eigenvalue weighted by molar-refractivity contribution is 5.88. The molecule has 6 nitrogen and oxygen atoms in total. The molecule has 1 aromatic rings. The molecule has 0 aliphatic carbocycles. The average Bonchev–Trinajstić information content (AvgIpc) is 2.77. The van der Waals surface area contributed by atoms with Gasteiger partial charge in [-0.1, -0.05) is 0 Å². The number of methoxy groups -OCH3 is 2. The molecule has 0 fully saturated rings. The molecule has 0 bridgehead atoms. The number of carboxylic acid groups (broad SMARTS) is 1. The van der Waals surface area contributed by atoms with Crippen LogP contribution in [0, 0.1) is 6.92 Å². The number of nitrogens with zero attached hydrogens (tertiary/aromatic N) is 1. The van der Waals surface area contributed by atoms with Crippen molar-refractivity contribution in [3.05, 3.63) is 23.2 Å². The fraction of sp³-hybridized carbons (Fsp3) is 0.643. The lowest BCUT2D eigenvalue weighted by atomic mass is 10.2. The molecule has 6 heteroatoms. The highest BCUT2D eigenvalue weighted by Gasteiger charge is 2.15. The highest BCUT2D eigenvalue weighted by Crippen LogP contribution is 2.16. The Kier molecular flexibility index (Phi) is 7.28. The van der Waals surface area contributed by atoms with Crippen LogP contribution < -0.4 is 0 Å². The largest absolute Gasteiger partial charge is 0.478 e. The fourth-order valence-electron chi connectivity index (χ4n) is 1.98. The van der Waals surface area contributed by atoms with Gasteiger partial charge in [-0.15, -0.1) is 0 Å². The van der Waals surface area contributed by atoms with E-state index in [0.29, 0.717) is 31.3 Å². The zero-order chi connectivity index (χ0) is 15.0. The van der Waals surface area contributed by atoms with E-state index in [0.717, 1.165) is 19.5 Å². The van der Waals surface area contributed by atoms with Gasteiger partial charge in [-0.2, -0.15) is 0 Å². The highest BCUT2D eigenvalue weighted by atomic mass is 16.5. The fourth-order valence-corrected chi connectivity index (χ4v) is 1.98. The van der Waals surface area contributed by atoms with Gasteiger partial charge in [0.25, 0.3) is 0 Å². The molecule has 0 amide bonds. The molecule has 0 atom stereocenters. The van der Waals surface area contributed by atoms with E-state index in [1.165, 1.54) is 0 Å². The molecule has 0 aromatic carbocycles. The molecule has 0 saturated carbocycles. The van der Waals surface area contributed by atoms with Gasteiger partial charge < -0.3 is 19.0 Å². The van der Waals surface area contributed by atoms with Crippen molar-refractivity contribution in [3.63, 3.8) is 0 Å². The van der Waals surface area contributed by atoms with Crippen molar-refractivity contribution >= 4 is 5.97 Å². The first-order valence-corrected chi connectivity index (χ1v) is 6.61. The number of hydrogen-bond donors (Lipinski definition) is 1. The van der Waals surface area contributed by atoms with Crippen LogP contribution in [0.15, 0.2) is 10.5 Å². The third-order valence-corrected chi connectivity index (χ3v) is 3.01. The average molecular weight is 285 g/mol. The van der Waals surface area contributed by atoms with E-state index in [4.69, 9.17) is 19.0 Å². The first-order valence-electron chi connectivity index (χ1n) is 6.61. The summed E-state index contributed by atoms with van der Waals surface area (Å²) >= 11 is 0. The minimum atomic E-state index is -0.958. The lowest BCUT2D eigenvalue weighted by molar-refractivity contribution is 0.0695. The van der Waals surface area contributed by atoms with Crippen molar-refractivity contribution in [1.82, 2.24) is 4.90 Å². The monoisotopic (exact) mass is 285 g/mol. The van der Waals surface area contributed by atoms with Crippen LogP contribution in [0.4, 0.5) is 0 Å². The number of furan rings is 1. The molecule has 0 saturated heterocycles. The molecule has 1 heterocycles. The molecule has 1 N–H and O–H groups in total. The van der Waals surface area contributed by atoms with Gasteiger partial charge >= 0.3 is 5.97 Å². The van der Waals surface area contributed by atoms with Crippen LogP contribution in [0.1, 0.15) is 28.3 Å². The number of carboxylic acids is 1. The molecular weight excluding hydrogens is 262 g/mol. The third-order valence-electron chi connectivity index (χ3n) is 3.01. The summed E-state index contributed by atoms with van der Waals surface area (Å²) in [5.74, 6) is 0.143.